The van der Waals surface area contributed by atoms with E-state index in [0.717, 1.165) is 0 Å². The highest BCUT2D eigenvalue weighted by Gasteiger charge is 2.14. The van der Waals surface area contributed by atoms with E-state index >= 15 is 0 Å². The molecule has 2 aromatic rings. The van der Waals surface area contributed by atoms with Crippen molar-refractivity contribution in [2.75, 3.05) is 7.11 Å². The lowest BCUT2D eigenvalue weighted by atomic mass is 10.1. The first-order valence-corrected chi connectivity index (χ1v) is 6.01. The number of aromatic nitrogens is 1. The Labute approximate surface area is 118 Å². The lowest BCUT2D eigenvalue weighted by molar-refractivity contribution is 0.369. The van der Waals surface area contributed by atoms with Crippen LogP contribution in [-0.2, 0) is 0 Å². The van der Waals surface area contributed by atoms with Crippen molar-refractivity contribution in [3.63, 3.8) is 0 Å². The Bertz CT molecular complexity index is 604. The minimum absolute atomic E-state index is 0.0898. The fraction of sp³-hybridized carbons (Fsp3) is 0.0833. The van der Waals surface area contributed by atoms with Crippen LogP contribution in [0.1, 0.15) is 0 Å². The van der Waals surface area contributed by atoms with E-state index in [1.54, 1.807) is 12.1 Å². The third-order valence-electron chi connectivity index (χ3n) is 2.33. The number of nitrogens with zero attached hydrogens (tertiary/aromatic N) is 1. The van der Waals surface area contributed by atoms with Gasteiger partial charge in [0, 0.05) is 17.3 Å². The van der Waals surface area contributed by atoms with Crippen LogP contribution in [0.15, 0.2) is 24.4 Å². The summed E-state index contributed by atoms with van der Waals surface area (Å²) in [4.78, 5) is 3.83. The molecule has 0 radical (unpaired) electrons. The maximum absolute atomic E-state index is 13.6. The fourth-order valence-electron chi connectivity index (χ4n) is 1.50. The van der Waals surface area contributed by atoms with E-state index in [2.05, 4.69) is 4.98 Å². The second-order valence-corrected chi connectivity index (χ2v) is 4.63. The van der Waals surface area contributed by atoms with Crippen LogP contribution in [0.3, 0.4) is 0 Å². The molecule has 0 fully saturated rings. The minimum atomic E-state index is -0.595. The molecule has 18 heavy (non-hydrogen) atoms. The molecule has 2 rings (SSSR count). The molecule has 0 aliphatic carbocycles. The summed E-state index contributed by atoms with van der Waals surface area (Å²) in [6.07, 6.45) is 1.42. The lowest BCUT2D eigenvalue weighted by Gasteiger charge is -2.09. The van der Waals surface area contributed by atoms with E-state index in [1.165, 1.54) is 19.4 Å². The molecule has 0 unspecified atom stereocenters. The number of benzene rings is 1. The summed E-state index contributed by atoms with van der Waals surface area (Å²) in [7, 11) is 1.34. The SMILES string of the molecule is COc1ncc(-c2c(Cl)ccc(Cl)c2Cl)cc1F. The first-order valence-electron chi connectivity index (χ1n) is 4.88. The third kappa shape index (κ3) is 2.39. The van der Waals surface area contributed by atoms with E-state index in [4.69, 9.17) is 39.5 Å². The van der Waals surface area contributed by atoms with Gasteiger partial charge in [-0.15, -0.1) is 0 Å². The van der Waals surface area contributed by atoms with Gasteiger partial charge in [0.25, 0.3) is 0 Å². The molecule has 6 heteroatoms. The quantitative estimate of drug-likeness (QED) is 0.739. The Kier molecular flexibility index (Phi) is 3.95. The zero-order valence-electron chi connectivity index (χ0n) is 9.18. The van der Waals surface area contributed by atoms with Crippen LogP contribution in [0.25, 0.3) is 11.1 Å². The number of methoxy groups -OCH3 is 1. The summed E-state index contributed by atoms with van der Waals surface area (Å²) in [5, 5.41) is 0.971. The summed E-state index contributed by atoms with van der Waals surface area (Å²) in [5.74, 6) is -0.685. The van der Waals surface area contributed by atoms with Crippen LogP contribution >= 0.6 is 34.8 Å². The highest BCUT2D eigenvalue weighted by Crippen LogP contribution is 2.39. The summed E-state index contributed by atoms with van der Waals surface area (Å²) in [6, 6.07) is 4.41. The van der Waals surface area contributed by atoms with Gasteiger partial charge < -0.3 is 4.74 Å². The second kappa shape index (κ2) is 5.31. The molecule has 0 aliphatic rings. The van der Waals surface area contributed by atoms with Gasteiger partial charge in [0.05, 0.1) is 22.2 Å². The van der Waals surface area contributed by atoms with Gasteiger partial charge in [-0.3, -0.25) is 0 Å². The summed E-state index contributed by atoms with van der Waals surface area (Å²) in [5.41, 5.74) is 0.880. The normalized spacial score (nSPS) is 10.5. The van der Waals surface area contributed by atoms with Crippen molar-refractivity contribution in [2.45, 2.75) is 0 Å². The molecule has 0 aliphatic heterocycles. The van der Waals surface area contributed by atoms with Gasteiger partial charge in [0.15, 0.2) is 5.82 Å². The van der Waals surface area contributed by atoms with Gasteiger partial charge in [-0.05, 0) is 18.2 Å². The number of hydrogen-bond donors (Lipinski definition) is 0. The van der Waals surface area contributed by atoms with Crippen molar-refractivity contribution >= 4 is 34.8 Å². The summed E-state index contributed by atoms with van der Waals surface area (Å²) < 4.78 is 18.3. The van der Waals surface area contributed by atoms with Gasteiger partial charge in [-0.1, -0.05) is 34.8 Å². The standard InChI is InChI=1S/C12H7Cl3FNO/c1-18-12-9(16)4-6(5-17-12)10-7(13)2-3-8(14)11(10)15/h2-5H,1H3. The van der Waals surface area contributed by atoms with Crippen molar-refractivity contribution in [1.82, 2.24) is 4.98 Å². The van der Waals surface area contributed by atoms with E-state index in [9.17, 15) is 4.39 Å². The Morgan fingerprint density at radius 2 is 1.83 bits per heavy atom. The fourth-order valence-corrected chi connectivity index (χ4v) is 2.25. The molecule has 0 bridgehead atoms. The number of ether oxygens (including phenoxy) is 1. The van der Waals surface area contributed by atoms with Gasteiger partial charge in [-0.2, -0.15) is 0 Å². The zero-order chi connectivity index (χ0) is 13.3. The maximum Gasteiger partial charge on any atom is 0.250 e. The highest BCUT2D eigenvalue weighted by molar-refractivity contribution is 6.46. The van der Waals surface area contributed by atoms with Gasteiger partial charge >= 0.3 is 0 Å². The Balaban J connectivity index is 2.62. The van der Waals surface area contributed by atoms with Crippen molar-refractivity contribution in [1.29, 1.82) is 0 Å². The monoisotopic (exact) mass is 305 g/mol. The van der Waals surface area contributed by atoms with Gasteiger partial charge in [0.2, 0.25) is 5.88 Å². The average Bonchev–Trinajstić information content (AvgIpc) is 2.35. The molecule has 94 valence electrons. The van der Waals surface area contributed by atoms with Crippen LogP contribution in [0.2, 0.25) is 15.1 Å². The van der Waals surface area contributed by atoms with E-state index in [1.807, 2.05) is 0 Å². The van der Waals surface area contributed by atoms with Crippen molar-refractivity contribution in [3.8, 4) is 17.0 Å². The minimum Gasteiger partial charge on any atom is -0.479 e. The number of halogens is 4. The molecule has 2 nitrogen and oxygen atoms in total. The molecule has 0 amide bonds. The Morgan fingerprint density at radius 3 is 2.44 bits per heavy atom. The van der Waals surface area contributed by atoms with E-state index < -0.39 is 5.82 Å². The van der Waals surface area contributed by atoms with Crippen LogP contribution in [0.4, 0.5) is 4.39 Å². The molecule has 1 heterocycles. The molecule has 0 spiro atoms. The van der Waals surface area contributed by atoms with Crippen LogP contribution in [-0.4, -0.2) is 12.1 Å². The molecule has 1 aromatic carbocycles. The van der Waals surface area contributed by atoms with E-state index in [-0.39, 0.29) is 10.9 Å². The number of hydrogen-bond acceptors (Lipinski definition) is 2. The third-order valence-corrected chi connectivity index (χ3v) is 3.45. The smallest absolute Gasteiger partial charge is 0.250 e. The number of rotatable bonds is 2. The van der Waals surface area contributed by atoms with Crippen LogP contribution in [0.5, 0.6) is 5.88 Å². The predicted octanol–water partition coefficient (Wildman–Crippen LogP) is 4.86. The predicted molar refractivity (Wildman–Crippen MR) is 71.2 cm³/mol. The van der Waals surface area contributed by atoms with Crippen LogP contribution in [0, 0.1) is 5.82 Å². The molecular weight excluding hydrogens is 299 g/mol. The second-order valence-electron chi connectivity index (χ2n) is 3.43. The maximum atomic E-state index is 13.6. The van der Waals surface area contributed by atoms with Gasteiger partial charge in [0.1, 0.15) is 0 Å². The lowest BCUT2D eigenvalue weighted by Crippen LogP contribution is -1.93. The molecule has 1 aromatic heterocycles. The number of pyridine rings is 1. The zero-order valence-corrected chi connectivity index (χ0v) is 11.4. The topological polar surface area (TPSA) is 22.1 Å². The van der Waals surface area contributed by atoms with Crippen molar-refractivity contribution in [2.24, 2.45) is 0 Å². The first kappa shape index (κ1) is 13.4. The Hall–Kier alpha value is -1.03. The molecule has 0 atom stereocenters. The van der Waals surface area contributed by atoms with Gasteiger partial charge in [-0.25, -0.2) is 9.37 Å². The molecule has 0 saturated heterocycles. The van der Waals surface area contributed by atoms with Crippen molar-refractivity contribution in [3.05, 3.63) is 45.3 Å². The van der Waals surface area contributed by atoms with E-state index in [0.29, 0.717) is 21.2 Å². The Morgan fingerprint density at radius 1 is 1.17 bits per heavy atom. The molecule has 0 N–H and O–H groups in total. The average molecular weight is 307 g/mol. The highest BCUT2D eigenvalue weighted by atomic mass is 35.5. The molecular formula is C12H7Cl3FNO. The van der Waals surface area contributed by atoms with Crippen molar-refractivity contribution < 1.29 is 9.13 Å². The molecule has 0 saturated carbocycles. The summed E-state index contributed by atoms with van der Waals surface area (Å²) >= 11 is 18.0. The largest absolute Gasteiger partial charge is 0.479 e. The summed E-state index contributed by atoms with van der Waals surface area (Å²) in [6.45, 7) is 0. The first-order chi connectivity index (χ1) is 8.54. The van der Waals surface area contributed by atoms with Crippen LogP contribution < -0.4 is 4.74 Å².